The molecule has 1 saturated carbocycles. The van der Waals surface area contributed by atoms with Crippen molar-refractivity contribution in [3.05, 3.63) is 71.2 Å². The molecule has 3 aromatic rings. The second-order valence-corrected chi connectivity index (χ2v) is 8.44. The van der Waals surface area contributed by atoms with Crippen LogP contribution in [0.4, 0.5) is 4.39 Å². The Morgan fingerprint density at radius 3 is 2.42 bits per heavy atom. The molecule has 162 valence electrons. The maximum Gasteiger partial charge on any atom is 0.253 e. The highest BCUT2D eigenvalue weighted by Crippen LogP contribution is 2.26. The van der Waals surface area contributed by atoms with Crippen LogP contribution in [0.15, 0.2) is 48.7 Å². The van der Waals surface area contributed by atoms with Gasteiger partial charge < -0.3 is 9.88 Å². The Morgan fingerprint density at radius 2 is 1.74 bits per heavy atom. The number of rotatable bonds is 6. The number of benzene rings is 2. The fourth-order valence-corrected chi connectivity index (χ4v) is 4.50. The predicted molar refractivity (Wildman–Crippen MR) is 121 cm³/mol. The van der Waals surface area contributed by atoms with Gasteiger partial charge in [-0.15, -0.1) is 0 Å². The molecule has 0 bridgehead atoms. The van der Waals surface area contributed by atoms with Gasteiger partial charge in [0.05, 0.1) is 11.1 Å². The van der Waals surface area contributed by atoms with Crippen molar-refractivity contribution in [2.24, 2.45) is 0 Å². The molecule has 2 aromatic carbocycles. The van der Waals surface area contributed by atoms with Gasteiger partial charge >= 0.3 is 0 Å². The summed E-state index contributed by atoms with van der Waals surface area (Å²) in [6.45, 7) is 2.34. The first-order valence-electron chi connectivity index (χ1n) is 11.3. The molecule has 5 heteroatoms. The van der Waals surface area contributed by atoms with Gasteiger partial charge in [0, 0.05) is 36.2 Å². The summed E-state index contributed by atoms with van der Waals surface area (Å²) in [5, 5.41) is 3.51. The van der Waals surface area contributed by atoms with Crippen LogP contribution in [-0.2, 0) is 6.54 Å². The number of halogens is 1. The monoisotopic (exact) mass is 420 g/mol. The van der Waals surface area contributed by atoms with E-state index in [4.69, 9.17) is 0 Å². The van der Waals surface area contributed by atoms with E-state index in [1.807, 2.05) is 41.8 Å². The normalized spacial score (nSPS) is 15.0. The summed E-state index contributed by atoms with van der Waals surface area (Å²) in [5.74, 6) is -0.478. The molecule has 0 radical (unpaired) electrons. The number of fused-ring (bicyclic) bond motifs is 1. The lowest BCUT2D eigenvalue weighted by atomic mass is 10.1. The number of aromatic nitrogens is 1. The third kappa shape index (κ3) is 4.71. The molecule has 0 saturated heterocycles. The van der Waals surface area contributed by atoms with E-state index in [-0.39, 0.29) is 23.5 Å². The molecule has 1 fully saturated rings. The van der Waals surface area contributed by atoms with Crippen molar-refractivity contribution in [1.29, 1.82) is 0 Å². The molecule has 0 unspecified atom stereocenters. The second kappa shape index (κ2) is 9.46. The first kappa shape index (κ1) is 21.3. The summed E-state index contributed by atoms with van der Waals surface area (Å²) < 4.78 is 16.7. The van der Waals surface area contributed by atoms with E-state index in [2.05, 4.69) is 5.32 Å². The lowest BCUT2D eigenvalue weighted by Gasteiger charge is -2.15. The van der Waals surface area contributed by atoms with Crippen molar-refractivity contribution in [1.82, 2.24) is 9.88 Å². The Morgan fingerprint density at radius 1 is 1.03 bits per heavy atom. The van der Waals surface area contributed by atoms with Gasteiger partial charge in [0.25, 0.3) is 5.91 Å². The molecule has 4 rings (SSSR count). The highest BCUT2D eigenvalue weighted by atomic mass is 19.1. The van der Waals surface area contributed by atoms with Crippen molar-refractivity contribution in [2.45, 2.75) is 64.5 Å². The fraction of sp³-hybridized carbons (Fsp3) is 0.385. The number of amides is 1. The highest BCUT2D eigenvalue weighted by molar-refractivity contribution is 6.07. The van der Waals surface area contributed by atoms with Gasteiger partial charge in [0.2, 0.25) is 0 Å². The number of ketones is 1. The topological polar surface area (TPSA) is 51.1 Å². The molecule has 1 aromatic heterocycles. The minimum absolute atomic E-state index is 0.109. The number of hydrogen-bond donors (Lipinski definition) is 1. The zero-order chi connectivity index (χ0) is 21.8. The van der Waals surface area contributed by atoms with Crippen LogP contribution < -0.4 is 5.32 Å². The van der Waals surface area contributed by atoms with E-state index in [0.717, 1.165) is 31.2 Å². The van der Waals surface area contributed by atoms with E-state index in [1.165, 1.54) is 18.9 Å². The van der Waals surface area contributed by atoms with Crippen LogP contribution in [0.2, 0.25) is 0 Å². The zero-order valence-corrected chi connectivity index (χ0v) is 18.0. The third-order valence-electron chi connectivity index (χ3n) is 6.24. The first-order chi connectivity index (χ1) is 15.1. The maximum atomic E-state index is 14.8. The summed E-state index contributed by atoms with van der Waals surface area (Å²) in [6.07, 6.45) is 8.86. The molecular formula is C26H29FN2O2. The Bertz CT molecular complexity index is 1080. The largest absolute Gasteiger partial charge is 0.349 e. The molecule has 1 aliphatic rings. The number of carbonyl (C=O) groups excluding carboxylic acids is 2. The van der Waals surface area contributed by atoms with Gasteiger partial charge in [-0.2, -0.15) is 0 Å². The summed E-state index contributed by atoms with van der Waals surface area (Å²) in [7, 11) is 0. The second-order valence-electron chi connectivity index (χ2n) is 8.44. The van der Waals surface area contributed by atoms with E-state index in [0.29, 0.717) is 35.0 Å². The van der Waals surface area contributed by atoms with Gasteiger partial charge in [0.1, 0.15) is 5.82 Å². The average molecular weight is 421 g/mol. The van der Waals surface area contributed by atoms with E-state index >= 15 is 0 Å². The molecular weight excluding hydrogens is 391 g/mol. The lowest BCUT2D eigenvalue weighted by Crippen LogP contribution is -2.34. The van der Waals surface area contributed by atoms with E-state index in [1.54, 1.807) is 12.3 Å². The molecule has 0 aliphatic heterocycles. The molecule has 1 amide bonds. The van der Waals surface area contributed by atoms with Gasteiger partial charge in [-0.3, -0.25) is 9.59 Å². The van der Waals surface area contributed by atoms with Gasteiger partial charge in [-0.05, 0) is 30.5 Å². The van der Waals surface area contributed by atoms with Crippen LogP contribution in [-0.4, -0.2) is 22.3 Å². The minimum Gasteiger partial charge on any atom is -0.349 e. The molecule has 0 spiro atoms. The Hall–Kier alpha value is -2.95. The number of nitrogens with one attached hydrogen (secondary N) is 1. The van der Waals surface area contributed by atoms with Crippen LogP contribution in [0.5, 0.6) is 0 Å². The molecule has 4 nitrogen and oxygen atoms in total. The Labute approximate surface area is 182 Å². The summed E-state index contributed by atoms with van der Waals surface area (Å²) >= 11 is 0. The van der Waals surface area contributed by atoms with Crippen LogP contribution in [0.3, 0.4) is 0 Å². The zero-order valence-electron chi connectivity index (χ0n) is 18.0. The van der Waals surface area contributed by atoms with Gasteiger partial charge in [-0.25, -0.2) is 4.39 Å². The predicted octanol–water partition coefficient (Wildman–Crippen LogP) is 5.87. The van der Waals surface area contributed by atoms with Crippen molar-refractivity contribution >= 4 is 22.6 Å². The molecule has 1 N–H and O–H groups in total. The Kier molecular flexibility index (Phi) is 6.50. The van der Waals surface area contributed by atoms with Crippen molar-refractivity contribution in [2.75, 3.05) is 0 Å². The number of Topliss-reactive ketones (excluding diaryl/α,β-unsaturated/α-hetero) is 1. The van der Waals surface area contributed by atoms with E-state index in [9.17, 15) is 14.0 Å². The molecule has 31 heavy (non-hydrogen) atoms. The lowest BCUT2D eigenvalue weighted by molar-refractivity contribution is 0.0933. The van der Waals surface area contributed by atoms with Crippen molar-refractivity contribution in [3.63, 3.8) is 0 Å². The smallest absolute Gasteiger partial charge is 0.253 e. The average Bonchev–Trinajstić information content (AvgIpc) is 2.96. The highest BCUT2D eigenvalue weighted by Gasteiger charge is 2.21. The summed E-state index contributed by atoms with van der Waals surface area (Å²) in [5.41, 5.74) is 2.76. The van der Waals surface area contributed by atoms with Crippen molar-refractivity contribution < 1.29 is 14.0 Å². The van der Waals surface area contributed by atoms with Crippen LogP contribution in [0, 0.1) is 5.82 Å². The van der Waals surface area contributed by atoms with Gasteiger partial charge in [0.15, 0.2) is 5.78 Å². The quantitative estimate of drug-likeness (QED) is 0.400. The molecule has 1 heterocycles. The third-order valence-corrected chi connectivity index (χ3v) is 6.24. The number of hydrogen-bond acceptors (Lipinski definition) is 2. The SMILES string of the molecule is CCC(=O)c1ccc(Cn2cc(C(=O)NC3CCCCCC3)c3c(F)cccc32)cc1. The van der Waals surface area contributed by atoms with Crippen LogP contribution in [0.25, 0.3) is 10.9 Å². The summed E-state index contributed by atoms with van der Waals surface area (Å²) in [6, 6.07) is 12.6. The van der Waals surface area contributed by atoms with Crippen LogP contribution >= 0.6 is 0 Å². The number of carbonyl (C=O) groups is 2. The standard InChI is InChI=1S/C26H29FN2O2/c1-2-24(30)19-14-12-18(13-15-19)16-29-17-21(25-22(27)10-7-11-23(25)29)26(31)28-20-8-5-3-4-6-9-20/h7,10-15,17,20H,2-6,8-9,16H2,1H3,(H,28,31). The number of nitrogens with zero attached hydrogens (tertiary/aromatic N) is 1. The van der Waals surface area contributed by atoms with E-state index < -0.39 is 0 Å². The summed E-state index contributed by atoms with van der Waals surface area (Å²) in [4.78, 5) is 24.9. The van der Waals surface area contributed by atoms with Gasteiger partial charge in [-0.1, -0.05) is 62.9 Å². The minimum atomic E-state index is -0.383. The Balaban J connectivity index is 1.62. The maximum absolute atomic E-state index is 14.8. The first-order valence-corrected chi connectivity index (χ1v) is 11.3. The van der Waals surface area contributed by atoms with Crippen molar-refractivity contribution in [3.8, 4) is 0 Å². The molecule has 1 aliphatic carbocycles. The fourth-order valence-electron chi connectivity index (χ4n) is 4.50. The van der Waals surface area contributed by atoms with Crippen LogP contribution in [0.1, 0.15) is 78.1 Å². The molecule has 0 atom stereocenters.